The number of aromatic nitrogens is 2. The normalized spacial score (nSPS) is 21.4. The maximum absolute atomic E-state index is 11.3. The largest absolute Gasteiger partial charge is 0.340 e. The van der Waals surface area contributed by atoms with Crippen molar-refractivity contribution >= 4 is 11.7 Å². The van der Waals surface area contributed by atoms with Gasteiger partial charge in [-0.1, -0.05) is 0 Å². The van der Waals surface area contributed by atoms with E-state index >= 15 is 0 Å². The van der Waals surface area contributed by atoms with Gasteiger partial charge in [-0.15, -0.1) is 0 Å². The zero-order valence-corrected chi connectivity index (χ0v) is 8.89. The van der Waals surface area contributed by atoms with Crippen LogP contribution in [0.2, 0.25) is 0 Å². The van der Waals surface area contributed by atoms with Gasteiger partial charge >= 0.3 is 0 Å². The molecule has 1 aromatic heterocycles. The Balaban J connectivity index is 2.08. The van der Waals surface area contributed by atoms with Gasteiger partial charge in [0.05, 0.1) is 0 Å². The average Bonchev–Trinajstić information content (AvgIpc) is 2.30. The lowest BCUT2D eigenvalue weighted by molar-refractivity contribution is -0.120. The SMILES string of the molecule is CC(=O)C1CCCN(c2ncccn2)C1. The van der Waals surface area contributed by atoms with E-state index in [4.69, 9.17) is 0 Å². The molecule has 1 unspecified atom stereocenters. The smallest absolute Gasteiger partial charge is 0.225 e. The first-order chi connectivity index (χ1) is 7.27. The van der Waals surface area contributed by atoms with E-state index < -0.39 is 0 Å². The van der Waals surface area contributed by atoms with Crippen molar-refractivity contribution in [2.75, 3.05) is 18.0 Å². The molecule has 0 bridgehead atoms. The summed E-state index contributed by atoms with van der Waals surface area (Å²) in [5, 5.41) is 0. The third-order valence-electron chi connectivity index (χ3n) is 2.83. The topological polar surface area (TPSA) is 46.1 Å². The summed E-state index contributed by atoms with van der Waals surface area (Å²) in [6, 6.07) is 1.80. The molecular formula is C11H15N3O. The number of anilines is 1. The zero-order valence-electron chi connectivity index (χ0n) is 8.89. The molecule has 2 heterocycles. The average molecular weight is 205 g/mol. The molecule has 0 saturated carbocycles. The number of nitrogens with zero attached hydrogens (tertiary/aromatic N) is 3. The predicted octanol–water partition coefficient (Wildman–Crippen LogP) is 1.28. The number of rotatable bonds is 2. The van der Waals surface area contributed by atoms with Crippen LogP contribution in [0.1, 0.15) is 19.8 Å². The predicted molar refractivity (Wildman–Crippen MR) is 57.7 cm³/mol. The number of hydrogen-bond acceptors (Lipinski definition) is 4. The zero-order chi connectivity index (χ0) is 10.7. The lowest BCUT2D eigenvalue weighted by Gasteiger charge is -2.31. The molecule has 0 amide bonds. The third-order valence-corrected chi connectivity index (χ3v) is 2.83. The summed E-state index contributed by atoms with van der Waals surface area (Å²) >= 11 is 0. The van der Waals surface area contributed by atoms with Crippen LogP contribution in [0.15, 0.2) is 18.5 Å². The molecule has 1 aliphatic rings. The number of hydrogen-bond donors (Lipinski definition) is 0. The number of piperidine rings is 1. The van der Waals surface area contributed by atoms with E-state index in [2.05, 4.69) is 14.9 Å². The van der Waals surface area contributed by atoms with Crippen molar-refractivity contribution in [2.24, 2.45) is 5.92 Å². The van der Waals surface area contributed by atoms with Gasteiger partial charge in [0.15, 0.2) is 0 Å². The summed E-state index contributed by atoms with van der Waals surface area (Å²) < 4.78 is 0. The fourth-order valence-corrected chi connectivity index (χ4v) is 1.95. The summed E-state index contributed by atoms with van der Waals surface area (Å²) in [7, 11) is 0. The first kappa shape index (κ1) is 10.1. The Morgan fingerprint density at radius 3 is 2.87 bits per heavy atom. The molecule has 0 radical (unpaired) electrons. The second kappa shape index (κ2) is 4.38. The van der Waals surface area contributed by atoms with Crippen LogP contribution in [0.25, 0.3) is 0 Å². The summed E-state index contributed by atoms with van der Waals surface area (Å²) in [4.78, 5) is 21.8. The Labute approximate surface area is 89.3 Å². The summed E-state index contributed by atoms with van der Waals surface area (Å²) in [6.45, 7) is 3.38. The first-order valence-corrected chi connectivity index (χ1v) is 5.30. The monoisotopic (exact) mass is 205 g/mol. The van der Waals surface area contributed by atoms with Gasteiger partial charge in [-0.05, 0) is 25.8 Å². The van der Waals surface area contributed by atoms with Gasteiger partial charge in [-0.2, -0.15) is 0 Å². The van der Waals surface area contributed by atoms with Crippen LogP contribution < -0.4 is 4.90 Å². The second-order valence-electron chi connectivity index (χ2n) is 3.94. The molecule has 4 heteroatoms. The maximum Gasteiger partial charge on any atom is 0.225 e. The van der Waals surface area contributed by atoms with Crippen LogP contribution in [-0.4, -0.2) is 28.8 Å². The highest BCUT2D eigenvalue weighted by atomic mass is 16.1. The molecule has 1 atom stereocenters. The Bertz CT molecular complexity index is 339. The van der Waals surface area contributed by atoms with Crippen LogP contribution in [0.5, 0.6) is 0 Å². The fraction of sp³-hybridized carbons (Fsp3) is 0.545. The lowest BCUT2D eigenvalue weighted by Crippen LogP contribution is -2.38. The highest BCUT2D eigenvalue weighted by Crippen LogP contribution is 2.20. The van der Waals surface area contributed by atoms with E-state index in [9.17, 15) is 4.79 Å². The Morgan fingerprint density at radius 1 is 1.47 bits per heavy atom. The summed E-state index contributed by atoms with van der Waals surface area (Å²) in [5.74, 6) is 1.17. The minimum Gasteiger partial charge on any atom is -0.340 e. The number of ketones is 1. The van der Waals surface area contributed by atoms with Gasteiger partial charge in [0.25, 0.3) is 0 Å². The lowest BCUT2D eigenvalue weighted by atomic mass is 9.95. The van der Waals surface area contributed by atoms with Crippen molar-refractivity contribution in [3.8, 4) is 0 Å². The molecule has 0 aromatic carbocycles. The number of carbonyl (C=O) groups excluding carboxylic acids is 1. The van der Waals surface area contributed by atoms with Crippen LogP contribution in [0.3, 0.4) is 0 Å². The van der Waals surface area contributed by atoms with Crippen molar-refractivity contribution in [1.29, 1.82) is 0 Å². The first-order valence-electron chi connectivity index (χ1n) is 5.30. The van der Waals surface area contributed by atoms with Gasteiger partial charge in [-0.25, -0.2) is 9.97 Å². The molecule has 1 aromatic rings. The van der Waals surface area contributed by atoms with Gasteiger partial charge in [-0.3, -0.25) is 4.79 Å². The highest BCUT2D eigenvalue weighted by Gasteiger charge is 2.24. The molecule has 1 fully saturated rings. The van der Waals surface area contributed by atoms with E-state index in [1.54, 1.807) is 25.4 Å². The van der Waals surface area contributed by atoms with E-state index in [0.717, 1.165) is 31.9 Å². The van der Waals surface area contributed by atoms with E-state index in [0.29, 0.717) is 0 Å². The van der Waals surface area contributed by atoms with Gasteiger partial charge in [0.1, 0.15) is 5.78 Å². The highest BCUT2D eigenvalue weighted by molar-refractivity contribution is 5.79. The molecule has 4 nitrogen and oxygen atoms in total. The van der Waals surface area contributed by atoms with Gasteiger partial charge < -0.3 is 4.90 Å². The molecule has 0 aliphatic carbocycles. The molecule has 1 saturated heterocycles. The molecule has 1 aliphatic heterocycles. The molecule has 80 valence electrons. The Morgan fingerprint density at radius 2 is 2.20 bits per heavy atom. The van der Waals surface area contributed by atoms with Crippen LogP contribution in [-0.2, 0) is 4.79 Å². The number of Topliss-reactive ketones (excluding diaryl/α,β-unsaturated/α-hetero) is 1. The standard InChI is InChI=1S/C11H15N3O/c1-9(15)10-4-2-7-14(8-10)11-12-5-3-6-13-11/h3,5-6,10H,2,4,7-8H2,1H3. The van der Waals surface area contributed by atoms with Gasteiger partial charge in [0, 0.05) is 31.4 Å². The van der Waals surface area contributed by atoms with Crippen LogP contribution in [0, 0.1) is 5.92 Å². The quantitative estimate of drug-likeness (QED) is 0.729. The van der Waals surface area contributed by atoms with Crippen molar-refractivity contribution in [3.05, 3.63) is 18.5 Å². The van der Waals surface area contributed by atoms with Crippen molar-refractivity contribution < 1.29 is 4.79 Å². The van der Waals surface area contributed by atoms with E-state index in [1.807, 2.05) is 0 Å². The second-order valence-corrected chi connectivity index (χ2v) is 3.94. The molecule has 0 spiro atoms. The number of carbonyl (C=O) groups is 1. The Kier molecular flexibility index (Phi) is 2.94. The van der Waals surface area contributed by atoms with Gasteiger partial charge in [0.2, 0.25) is 5.95 Å². The molecule has 0 N–H and O–H groups in total. The summed E-state index contributed by atoms with van der Waals surface area (Å²) in [5.41, 5.74) is 0. The maximum atomic E-state index is 11.3. The summed E-state index contributed by atoms with van der Waals surface area (Å²) in [6.07, 6.45) is 5.51. The van der Waals surface area contributed by atoms with Crippen molar-refractivity contribution in [1.82, 2.24) is 9.97 Å². The van der Waals surface area contributed by atoms with Crippen molar-refractivity contribution in [3.63, 3.8) is 0 Å². The third kappa shape index (κ3) is 2.32. The minimum atomic E-state index is 0.155. The fourth-order valence-electron chi connectivity index (χ4n) is 1.95. The van der Waals surface area contributed by atoms with E-state index in [-0.39, 0.29) is 11.7 Å². The van der Waals surface area contributed by atoms with Crippen LogP contribution in [0.4, 0.5) is 5.95 Å². The molecule has 2 rings (SSSR count). The molecular weight excluding hydrogens is 190 g/mol. The molecule has 15 heavy (non-hydrogen) atoms. The minimum absolute atomic E-state index is 0.155. The Hall–Kier alpha value is -1.45. The van der Waals surface area contributed by atoms with E-state index in [1.165, 1.54) is 0 Å². The van der Waals surface area contributed by atoms with Crippen LogP contribution >= 0.6 is 0 Å². The van der Waals surface area contributed by atoms with Crippen molar-refractivity contribution in [2.45, 2.75) is 19.8 Å².